The Labute approximate surface area is 148 Å². The van der Waals surface area contributed by atoms with Gasteiger partial charge in [-0.3, -0.25) is 4.79 Å². The Hall–Kier alpha value is -1.52. The number of aromatic nitrogens is 3. The molecule has 0 spiro atoms. The van der Waals surface area contributed by atoms with Crippen molar-refractivity contribution in [2.24, 2.45) is 18.4 Å². The van der Waals surface area contributed by atoms with Crippen LogP contribution in [0.5, 0.6) is 0 Å². The second kappa shape index (κ2) is 7.38. The molecule has 0 aromatic carbocycles. The molecule has 1 aromatic heterocycles. The third-order valence-corrected chi connectivity index (χ3v) is 6.43. The molecule has 1 aliphatic heterocycles. The Kier molecular flexibility index (Phi) is 5.85. The van der Waals surface area contributed by atoms with Crippen LogP contribution in [-0.4, -0.2) is 57.7 Å². The van der Waals surface area contributed by atoms with Crippen LogP contribution in [0.2, 0.25) is 0 Å². The van der Waals surface area contributed by atoms with Gasteiger partial charge >= 0.3 is 5.97 Å². The Morgan fingerprint density at radius 1 is 1.40 bits per heavy atom. The summed E-state index contributed by atoms with van der Waals surface area (Å²) in [6.07, 6.45) is 2.92. The van der Waals surface area contributed by atoms with E-state index >= 15 is 0 Å². The van der Waals surface area contributed by atoms with Crippen LogP contribution in [0.4, 0.5) is 0 Å². The molecule has 25 heavy (non-hydrogen) atoms. The van der Waals surface area contributed by atoms with Crippen molar-refractivity contribution in [2.75, 3.05) is 13.1 Å². The van der Waals surface area contributed by atoms with E-state index in [9.17, 15) is 18.3 Å². The van der Waals surface area contributed by atoms with E-state index < -0.39 is 22.2 Å². The lowest BCUT2D eigenvalue weighted by Gasteiger charge is -2.38. The zero-order valence-corrected chi connectivity index (χ0v) is 16.0. The highest BCUT2D eigenvalue weighted by molar-refractivity contribution is 7.87. The standard InChI is InChI=1S/C15H27N5O4S/c1-15(2,3)11-5-7-20(8-6-11)25(23,24)18-12(14(21)22)9-13-17-16-10-19(13)4/h10-12,18H,5-9H2,1-4H3,(H,21,22). The minimum absolute atomic E-state index is 0.0660. The number of carboxylic acid groups (broad SMARTS) is 1. The fourth-order valence-electron chi connectivity index (χ4n) is 3.07. The van der Waals surface area contributed by atoms with Gasteiger partial charge in [-0.1, -0.05) is 20.8 Å². The van der Waals surface area contributed by atoms with E-state index in [1.165, 1.54) is 10.6 Å². The van der Waals surface area contributed by atoms with Gasteiger partial charge in [-0.25, -0.2) is 0 Å². The first-order chi connectivity index (χ1) is 11.5. The van der Waals surface area contributed by atoms with Crippen molar-refractivity contribution < 1.29 is 18.3 Å². The Morgan fingerprint density at radius 3 is 2.44 bits per heavy atom. The van der Waals surface area contributed by atoms with Gasteiger partial charge in [-0.05, 0) is 24.2 Å². The molecule has 1 aromatic rings. The highest BCUT2D eigenvalue weighted by Gasteiger charge is 2.35. The van der Waals surface area contributed by atoms with Crippen molar-refractivity contribution in [1.29, 1.82) is 0 Å². The molecule has 0 bridgehead atoms. The summed E-state index contributed by atoms with van der Waals surface area (Å²) in [6, 6.07) is -1.28. The molecule has 0 aliphatic carbocycles. The van der Waals surface area contributed by atoms with Crippen molar-refractivity contribution in [2.45, 2.75) is 46.1 Å². The molecule has 10 heteroatoms. The van der Waals surface area contributed by atoms with Gasteiger partial charge in [-0.15, -0.1) is 10.2 Å². The Morgan fingerprint density at radius 2 is 2.00 bits per heavy atom. The molecule has 1 aliphatic rings. The maximum absolute atomic E-state index is 12.6. The lowest BCUT2D eigenvalue weighted by Crippen LogP contribution is -2.52. The summed E-state index contributed by atoms with van der Waals surface area (Å²) in [7, 11) is -2.19. The SMILES string of the molecule is Cn1cnnc1CC(NS(=O)(=O)N1CCC(C(C)(C)C)CC1)C(=O)O. The Bertz CT molecular complexity index is 702. The molecule has 2 heterocycles. The van der Waals surface area contributed by atoms with Gasteiger partial charge in [0, 0.05) is 26.6 Å². The first-order valence-electron chi connectivity index (χ1n) is 8.34. The van der Waals surface area contributed by atoms with Gasteiger partial charge in [0.1, 0.15) is 18.2 Å². The van der Waals surface area contributed by atoms with E-state index in [1.807, 2.05) is 0 Å². The second-order valence-corrected chi connectivity index (χ2v) is 9.32. The van der Waals surface area contributed by atoms with Crippen molar-refractivity contribution >= 4 is 16.2 Å². The van der Waals surface area contributed by atoms with E-state index in [2.05, 4.69) is 35.7 Å². The van der Waals surface area contributed by atoms with Crippen LogP contribution in [0.25, 0.3) is 0 Å². The van der Waals surface area contributed by atoms with Crippen molar-refractivity contribution in [3.05, 3.63) is 12.2 Å². The smallest absolute Gasteiger partial charge is 0.322 e. The van der Waals surface area contributed by atoms with Crippen LogP contribution in [0.1, 0.15) is 39.4 Å². The average molecular weight is 373 g/mol. The number of hydrogen-bond donors (Lipinski definition) is 2. The van der Waals surface area contributed by atoms with Crippen LogP contribution in [0, 0.1) is 11.3 Å². The molecule has 0 radical (unpaired) electrons. The van der Waals surface area contributed by atoms with Crippen LogP contribution < -0.4 is 4.72 Å². The zero-order valence-electron chi connectivity index (χ0n) is 15.1. The van der Waals surface area contributed by atoms with Gasteiger partial charge in [0.05, 0.1) is 0 Å². The summed E-state index contributed by atoms with van der Waals surface area (Å²) < 4.78 is 30.4. The van der Waals surface area contributed by atoms with Gasteiger partial charge in [-0.2, -0.15) is 17.4 Å². The summed E-state index contributed by atoms with van der Waals surface area (Å²) >= 11 is 0. The minimum atomic E-state index is -3.87. The number of rotatable bonds is 6. The molecule has 1 fully saturated rings. The number of carbonyl (C=O) groups is 1. The Balaban J connectivity index is 2.03. The molecule has 1 saturated heterocycles. The number of aliphatic carboxylic acids is 1. The largest absolute Gasteiger partial charge is 0.480 e. The number of piperidine rings is 1. The first-order valence-corrected chi connectivity index (χ1v) is 9.78. The molecular weight excluding hydrogens is 346 g/mol. The maximum Gasteiger partial charge on any atom is 0.322 e. The fraction of sp³-hybridized carbons (Fsp3) is 0.800. The average Bonchev–Trinajstić information content (AvgIpc) is 2.91. The number of aryl methyl sites for hydroxylation is 1. The number of nitrogens with zero attached hydrogens (tertiary/aromatic N) is 4. The lowest BCUT2D eigenvalue weighted by molar-refractivity contribution is -0.139. The maximum atomic E-state index is 12.6. The molecule has 1 unspecified atom stereocenters. The van der Waals surface area contributed by atoms with E-state index in [0.717, 1.165) is 12.8 Å². The van der Waals surface area contributed by atoms with Crippen LogP contribution in [-0.2, 0) is 28.5 Å². The predicted molar refractivity (Wildman–Crippen MR) is 91.9 cm³/mol. The summed E-state index contributed by atoms with van der Waals surface area (Å²) in [5.41, 5.74) is 0.137. The molecular formula is C15H27N5O4S. The fourth-order valence-corrected chi connectivity index (χ4v) is 4.45. The van der Waals surface area contributed by atoms with Crippen LogP contribution in [0.3, 0.4) is 0 Å². The topological polar surface area (TPSA) is 117 Å². The normalized spacial score (nSPS) is 19.0. The lowest BCUT2D eigenvalue weighted by atomic mass is 9.76. The molecule has 2 rings (SSSR count). The van der Waals surface area contributed by atoms with Gasteiger partial charge in [0.15, 0.2) is 0 Å². The van der Waals surface area contributed by atoms with E-state index in [1.54, 1.807) is 11.6 Å². The van der Waals surface area contributed by atoms with Crippen molar-refractivity contribution in [1.82, 2.24) is 23.8 Å². The summed E-state index contributed by atoms with van der Waals surface area (Å²) in [5.74, 6) is -0.384. The van der Waals surface area contributed by atoms with Crippen LogP contribution >= 0.6 is 0 Å². The molecule has 9 nitrogen and oxygen atoms in total. The second-order valence-electron chi connectivity index (χ2n) is 7.62. The monoisotopic (exact) mass is 373 g/mol. The minimum Gasteiger partial charge on any atom is -0.480 e. The highest BCUT2D eigenvalue weighted by Crippen LogP contribution is 2.34. The summed E-state index contributed by atoms with van der Waals surface area (Å²) in [5, 5.41) is 16.9. The van der Waals surface area contributed by atoms with Gasteiger partial charge < -0.3 is 9.67 Å². The predicted octanol–water partition coefficient (Wildman–Crippen LogP) is 0.403. The number of nitrogens with one attached hydrogen (secondary N) is 1. The number of carboxylic acids is 1. The molecule has 1 atom stereocenters. The van der Waals surface area contributed by atoms with Crippen molar-refractivity contribution in [3.63, 3.8) is 0 Å². The van der Waals surface area contributed by atoms with Crippen LogP contribution in [0.15, 0.2) is 6.33 Å². The van der Waals surface area contributed by atoms with Gasteiger partial charge in [0.25, 0.3) is 10.2 Å². The van der Waals surface area contributed by atoms with E-state index in [-0.39, 0.29) is 11.8 Å². The zero-order chi connectivity index (χ0) is 18.8. The van der Waals surface area contributed by atoms with E-state index in [0.29, 0.717) is 24.8 Å². The third-order valence-electron chi connectivity index (χ3n) is 4.80. The molecule has 0 amide bonds. The quantitative estimate of drug-likeness (QED) is 0.745. The van der Waals surface area contributed by atoms with Crippen molar-refractivity contribution in [3.8, 4) is 0 Å². The molecule has 0 saturated carbocycles. The van der Waals surface area contributed by atoms with Gasteiger partial charge in [0.2, 0.25) is 0 Å². The highest BCUT2D eigenvalue weighted by atomic mass is 32.2. The molecule has 2 N–H and O–H groups in total. The summed E-state index contributed by atoms with van der Waals surface area (Å²) in [4.78, 5) is 11.5. The first kappa shape index (κ1) is 19.8. The molecule has 142 valence electrons. The third kappa shape index (κ3) is 4.99. The summed E-state index contributed by atoms with van der Waals surface area (Å²) in [6.45, 7) is 7.26. The number of hydrogen-bond acceptors (Lipinski definition) is 5. The van der Waals surface area contributed by atoms with E-state index in [4.69, 9.17) is 0 Å².